The van der Waals surface area contributed by atoms with Gasteiger partial charge in [0.1, 0.15) is 15.6 Å². The number of nitrogens with zero attached hydrogens (tertiary/aromatic N) is 3. The largest absolute Gasteiger partial charge is 0.378 e. The molecule has 1 amide bonds. The highest BCUT2D eigenvalue weighted by Gasteiger charge is 2.31. The molecule has 0 bridgehead atoms. The topological polar surface area (TPSA) is 91.8 Å². The summed E-state index contributed by atoms with van der Waals surface area (Å²) < 4.78 is 32.8. The standard InChI is InChI=1S/C19H24N4O4S2/c24-19(21-15-4-5-17(20-14-15)22-9-11-27-12-10-22)18-16(6-13-28-18)29(25,26)23-7-2-1-3-8-23/h4-6,13-14H,1-3,7-12H2,(H,21,24). The molecule has 0 saturated carbocycles. The Morgan fingerprint density at radius 1 is 1.07 bits per heavy atom. The molecule has 4 heterocycles. The molecule has 2 fully saturated rings. The molecule has 0 unspecified atom stereocenters. The molecule has 2 saturated heterocycles. The van der Waals surface area contributed by atoms with Crippen LogP contribution in [0.1, 0.15) is 28.9 Å². The van der Waals surface area contributed by atoms with E-state index in [4.69, 9.17) is 4.74 Å². The second-order valence-electron chi connectivity index (χ2n) is 7.04. The van der Waals surface area contributed by atoms with Crippen molar-refractivity contribution in [1.29, 1.82) is 0 Å². The molecule has 0 aliphatic carbocycles. The van der Waals surface area contributed by atoms with E-state index in [9.17, 15) is 13.2 Å². The number of thiophene rings is 1. The van der Waals surface area contributed by atoms with E-state index in [2.05, 4.69) is 15.2 Å². The van der Waals surface area contributed by atoms with Crippen LogP contribution in [0.25, 0.3) is 0 Å². The molecule has 0 atom stereocenters. The molecule has 0 aromatic carbocycles. The summed E-state index contributed by atoms with van der Waals surface area (Å²) in [6.45, 7) is 3.93. The van der Waals surface area contributed by atoms with Gasteiger partial charge in [0, 0.05) is 26.2 Å². The molecular formula is C19H24N4O4S2. The molecule has 1 N–H and O–H groups in total. The van der Waals surface area contributed by atoms with Gasteiger partial charge in [-0.1, -0.05) is 6.42 Å². The summed E-state index contributed by atoms with van der Waals surface area (Å²) in [7, 11) is -3.66. The Labute approximate surface area is 174 Å². The predicted molar refractivity (Wildman–Crippen MR) is 112 cm³/mol. The van der Waals surface area contributed by atoms with Crippen molar-refractivity contribution >= 4 is 38.8 Å². The van der Waals surface area contributed by atoms with Crippen molar-refractivity contribution in [3.8, 4) is 0 Å². The zero-order valence-corrected chi connectivity index (χ0v) is 17.7. The van der Waals surface area contributed by atoms with E-state index in [1.54, 1.807) is 17.6 Å². The smallest absolute Gasteiger partial charge is 0.267 e. The van der Waals surface area contributed by atoms with E-state index in [0.29, 0.717) is 32.0 Å². The van der Waals surface area contributed by atoms with Crippen molar-refractivity contribution < 1.29 is 17.9 Å². The molecule has 4 rings (SSSR count). The molecular weight excluding hydrogens is 412 g/mol. The van der Waals surface area contributed by atoms with Gasteiger partial charge in [-0.3, -0.25) is 4.79 Å². The summed E-state index contributed by atoms with van der Waals surface area (Å²) in [5.74, 6) is 0.396. The third-order valence-corrected chi connectivity index (χ3v) is 8.09. The van der Waals surface area contributed by atoms with Crippen LogP contribution < -0.4 is 10.2 Å². The maximum atomic E-state index is 13.0. The first-order valence-corrected chi connectivity index (χ1v) is 12.1. The van der Waals surface area contributed by atoms with E-state index in [0.717, 1.165) is 49.5 Å². The summed E-state index contributed by atoms with van der Waals surface area (Å²) in [5, 5.41) is 4.42. The summed E-state index contributed by atoms with van der Waals surface area (Å²) in [4.78, 5) is 19.6. The minimum atomic E-state index is -3.66. The van der Waals surface area contributed by atoms with Crippen LogP contribution >= 0.6 is 11.3 Å². The number of piperidine rings is 1. The van der Waals surface area contributed by atoms with Gasteiger partial charge >= 0.3 is 0 Å². The normalized spacial score (nSPS) is 18.6. The predicted octanol–water partition coefficient (Wildman–Crippen LogP) is 2.41. The van der Waals surface area contributed by atoms with E-state index >= 15 is 0 Å². The van der Waals surface area contributed by atoms with Crippen molar-refractivity contribution in [3.05, 3.63) is 34.7 Å². The lowest BCUT2D eigenvalue weighted by Crippen LogP contribution is -2.36. The molecule has 10 heteroatoms. The van der Waals surface area contributed by atoms with Gasteiger partial charge < -0.3 is 15.0 Å². The number of sulfonamides is 1. The number of nitrogens with one attached hydrogen (secondary N) is 1. The minimum absolute atomic E-state index is 0.0831. The lowest BCUT2D eigenvalue weighted by molar-refractivity contribution is 0.102. The fourth-order valence-electron chi connectivity index (χ4n) is 3.54. The third kappa shape index (κ3) is 4.45. The van der Waals surface area contributed by atoms with Gasteiger partial charge in [0.05, 0.1) is 25.1 Å². The van der Waals surface area contributed by atoms with Crippen LogP contribution in [0, 0.1) is 0 Å². The lowest BCUT2D eigenvalue weighted by Gasteiger charge is -2.27. The fraction of sp³-hybridized carbons (Fsp3) is 0.474. The first kappa shape index (κ1) is 20.3. The van der Waals surface area contributed by atoms with Crippen LogP contribution in [0.4, 0.5) is 11.5 Å². The molecule has 2 aromatic heterocycles. The second-order valence-corrected chi connectivity index (χ2v) is 9.86. The molecule has 29 heavy (non-hydrogen) atoms. The third-order valence-electron chi connectivity index (χ3n) is 5.11. The van der Waals surface area contributed by atoms with Gasteiger partial charge in [-0.25, -0.2) is 13.4 Å². The Hall–Kier alpha value is -2.01. The van der Waals surface area contributed by atoms with Crippen LogP contribution in [-0.4, -0.2) is 63.0 Å². The van der Waals surface area contributed by atoms with Crippen molar-refractivity contribution in [2.24, 2.45) is 0 Å². The Kier molecular flexibility index (Phi) is 6.14. The highest BCUT2D eigenvalue weighted by atomic mass is 32.2. The van der Waals surface area contributed by atoms with E-state index < -0.39 is 15.9 Å². The lowest BCUT2D eigenvalue weighted by atomic mass is 10.2. The molecule has 0 spiro atoms. The number of carbonyl (C=O) groups excluding carboxylic acids is 1. The molecule has 2 aliphatic heterocycles. The van der Waals surface area contributed by atoms with Crippen molar-refractivity contribution in [2.75, 3.05) is 49.6 Å². The van der Waals surface area contributed by atoms with Gasteiger partial charge in [-0.05, 0) is 36.4 Å². The molecule has 2 aliphatic rings. The Morgan fingerprint density at radius 3 is 2.52 bits per heavy atom. The monoisotopic (exact) mass is 436 g/mol. The second kappa shape index (κ2) is 8.78. The summed E-state index contributed by atoms with van der Waals surface area (Å²) in [5.41, 5.74) is 0.529. The number of anilines is 2. The molecule has 8 nitrogen and oxygen atoms in total. The van der Waals surface area contributed by atoms with Gasteiger partial charge in [0.25, 0.3) is 5.91 Å². The van der Waals surface area contributed by atoms with Gasteiger partial charge in [-0.15, -0.1) is 11.3 Å². The van der Waals surface area contributed by atoms with Crippen LogP contribution in [0.3, 0.4) is 0 Å². The summed E-state index contributed by atoms with van der Waals surface area (Å²) >= 11 is 1.13. The number of pyridine rings is 1. The van der Waals surface area contributed by atoms with E-state index in [1.165, 1.54) is 10.4 Å². The first-order chi connectivity index (χ1) is 14.1. The number of amides is 1. The van der Waals surface area contributed by atoms with E-state index in [-0.39, 0.29) is 9.77 Å². The molecule has 0 radical (unpaired) electrons. The number of aromatic nitrogens is 1. The maximum Gasteiger partial charge on any atom is 0.267 e. The van der Waals surface area contributed by atoms with Gasteiger partial charge in [0.2, 0.25) is 10.0 Å². The van der Waals surface area contributed by atoms with Crippen molar-refractivity contribution in [3.63, 3.8) is 0 Å². The quantitative estimate of drug-likeness (QED) is 0.774. The van der Waals surface area contributed by atoms with Gasteiger partial charge in [-0.2, -0.15) is 4.31 Å². The van der Waals surface area contributed by atoms with Crippen LogP contribution in [0.2, 0.25) is 0 Å². The number of hydrogen-bond donors (Lipinski definition) is 1. The SMILES string of the molecule is O=C(Nc1ccc(N2CCOCC2)nc1)c1sccc1S(=O)(=O)N1CCCCC1. The van der Waals surface area contributed by atoms with Crippen molar-refractivity contribution in [2.45, 2.75) is 24.2 Å². The number of hydrogen-bond acceptors (Lipinski definition) is 7. The average molecular weight is 437 g/mol. The Morgan fingerprint density at radius 2 is 1.83 bits per heavy atom. The van der Waals surface area contributed by atoms with Crippen LogP contribution in [0.15, 0.2) is 34.7 Å². The fourth-order valence-corrected chi connectivity index (χ4v) is 6.35. The summed E-state index contributed by atoms with van der Waals surface area (Å²) in [6, 6.07) is 5.14. The zero-order valence-electron chi connectivity index (χ0n) is 16.0. The maximum absolute atomic E-state index is 13.0. The number of ether oxygens (including phenoxy) is 1. The highest BCUT2D eigenvalue weighted by Crippen LogP contribution is 2.28. The molecule has 2 aromatic rings. The zero-order chi connectivity index (χ0) is 20.3. The van der Waals surface area contributed by atoms with Crippen LogP contribution in [-0.2, 0) is 14.8 Å². The number of morpholine rings is 1. The summed E-state index contributed by atoms with van der Waals surface area (Å²) in [6.07, 6.45) is 4.34. The number of carbonyl (C=O) groups is 1. The minimum Gasteiger partial charge on any atom is -0.378 e. The Bertz CT molecular complexity index is 947. The van der Waals surface area contributed by atoms with Crippen LogP contribution in [0.5, 0.6) is 0 Å². The first-order valence-electron chi connectivity index (χ1n) is 9.73. The molecule has 156 valence electrons. The van der Waals surface area contributed by atoms with Gasteiger partial charge in [0.15, 0.2) is 0 Å². The van der Waals surface area contributed by atoms with Crippen molar-refractivity contribution in [1.82, 2.24) is 9.29 Å². The Balaban J connectivity index is 1.47. The average Bonchev–Trinajstić information content (AvgIpc) is 3.27. The van der Waals surface area contributed by atoms with E-state index in [1.807, 2.05) is 6.07 Å². The number of rotatable bonds is 5. The highest BCUT2D eigenvalue weighted by molar-refractivity contribution is 7.89.